The minimum Gasteiger partial charge on any atom is -0.370 e. The van der Waals surface area contributed by atoms with Crippen LogP contribution < -0.4 is 16.0 Å². The van der Waals surface area contributed by atoms with E-state index >= 15 is 0 Å². The van der Waals surface area contributed by atoms with Crippen LogP contribution in [0.3, 0.4) is 0 Å². The quantitative estimate of drug-likeness (QED) is 0.279. The summed E-state index contributed by atoms with van der Waals surface area (Å²) >= 11 is 1.77. The molecule has 0 fully saturated rings. The Morgan fingerprint density at radius 2 is 2.00 bits per heavy atom. The third-order valence-electron chi connectivity index (χ3n) is 7.07. The SMILES string of the molecule is CCN(CC)C(=O)N1CCc2sc(-c3nc(Nc4cccc(N(CC)CCN)c4)nc4[nH]ccc34)cc2C1. The van der Waals surface area contributed by atoms with Crippen LogP contribution in [-0.4, -0.2) is 70.1 Å². The zero-order valence-corrected chi connectivity index (χ0v) is 23.1. The molecule has 0 saturated heterocycles. The topological polar surface area (TPSA) is 106 Å². The smallest absolute Gasteiger partial charge is 0.320 e. The van der Waals surface area contributed by atoms with Crippen LogP contribution in [0.1, 0.15) is 31.2 Å². The number of thiophene rings is 1. The molecule has 3 aromatic heterocycles. The van der Waals surface area contributed by atoms with Gasteiger partial charge in [0.25, 0.3) is 0 Å². The molecule has 0 spiro atoms. The summed E-state index contributed by atoms with van der Waals surface area (Å²) in [6.07, 6.45) is 2.76. The summed E-state index contributed by atoms with van der Waals surface area (Å²) in [4.78, 5) is 34.4. The minimum atomic E-state index is 0.116. The average molecular weight is 533 g/mol. The number of urea groups is 1. The summed E-state index contributed by atoms with van der Waals surface area (Å²) in [6, 6.07) is 12.6. The lowest BCUT2D eigenvalue weighted by Gasteiger charge is -2.31. The molecule has 4 aromatic rings. The molecule has 10 heteroatoms. The molecule has 200 valence electrons. The van der Waals surface area contributed by atoms with Crippen molar-refractivity contribution in [2.45, 2.75) is 33.7 Å². The number of nitrogens with zero attached hydrogens (tertiary/aromatic N) is 5. The second-order valence-corrected chi connectivity index (χ2v) is 10.5. The van der Waals surface area contributed by atoms with Crippen molar-refractivity contribution in [1.82, 2.24) is 24.8 Å². The first-order valence-electron chi connectivity index (χ1n) is 13.4. The van der Waals surface area contributed by atoms with Crippen LogP contribution in [0.15, 0.2) is 42.6 Å². The van der Waals surface area contributed by atoms with Gasteiger partial charge in [-0.05, 0) is 63.1 Å². The van der Waals surface area contributed by atoms with Crippen molar-refractivity contribution in [2.75, 3.05) is 49.5 Å². The van der Waals surface area contributed by atoms with Gasteiger partial charge >= 0.3 is 6.03 Å². The lowest BCUT2D eigenvalue weighted by molar-refractivity contribution is 0.152. The lowest BCUT2D eigenvalue weighted by Crippen LogP contribution is -2.44. The number of nitrogens with one attached hydrogen (secondary N) is 2. The van der Waals surface area contributed by atoms with E-state index in [1.165, 1.54) is 10.4 Å². The largest absolute Gasteiger partial charge is 0.370 e. The van der Waals surface area contributed by atoms with Crippen molar-refractivity contribution < 1.29 is 4.79 Å². The third-order valence-corrected chi connectivity index (χ3v) is 8.31. The molecule has 2 amide bonds. The van der Waals surface area contributed by atoms with Crippen LogP contribution in [0.2, 0.25) is 0 Å². The molecule has 4 heterocycles. The molecule has 1 aromatic carbocycles. The van der Waals surface area contributed by atoms with Crippen LogP contribution in [0.4, 0.5) is 22.1 Å². The van der Waals surface area contributed by atoms with Crippen LogP contribution in [0, 0.1) is 0 Å². The highest BCUT2D eigenvalue weighted by atomic mass is 32.1. The zero-order valence-electron chi connectivity index (χ0n) is 22.3. The van der Waals surface area contributed by atoms with Gasteiger partial charge in [0.1, 0.15) is 5.65 Å². The highest BCUT2D eigenvalue weighted by Crippen LogP contribution is 2.37. The molecule has 0 atom stereocenters. The van der Waals surface area contributed by atoms with Crippen molar-refractivity contribution >= 4 is 45.7 Å². The van der Waals surface area contributed by atoms with Gasteiger partial charge in [-0.25, -0.2) is 9.78 Å². The van der Waals surface area contributed by atoms with E-state index in [-0.39, 0.29) is 6.03 Å². The van der Waals surface area contributed by atoms with Crippen molar-refractivity contribution in [1.29, 1.82) is 0 Å². The Bertz CT molecular complexity index is 1410. The Labute approximate surface area is 227 Å². The zero-order chi connectivity index (χ0) is 26.6. The van der Waals surface area contributed by atoms with Crippen molar-refractivity contribution in [3.63, 3.8) is 0 Å². The second kappa shape index (κ2) is 11.4. The van der Waals surface area contributed by atoms with Crippen molar-refractivity contribution in [3.05, 3.63) is 53.0 Å². The van der Waals surface area contributed by atoms with Crippen molar-refractivity contribution in [2.24, 2.45) is 5.73 Å². The summed E-state index contributed by atoms with van der Waals surface area (Å²) in [6.45, 7) is 11.3. The van der Waals surface area contributed by atoms with Crippen LogP contribution in [-0.2, 0) is 13.0 Å². The number of rotatable bonds is 9. The average Bonchev–Trinajstić information content (AvgIpc) is 3.58. The fraction of sp³-hybridized carbons (Fsp3) is 0.393. The predicted octanol–water partition coefficient (Wildman–Crippen LogP) is 5.03. The number of hydrogen-bond acceptors (Lipinski definition) is 7. The van der Waals surface area contributed by atoms with Crippen molar-refractivity contribution in [3.8, 4) is 10.6 Å². The number of hydrogen-bond donors (Lipinski definition) is 3. The summed E-state index contributed by atoms with van der Waals surface area (Å²) in [5.41, 5.74) is 10.7. The molecule has 38 heavy (non-hydrogen) atoms. The first-order chi connectivity index (χ1) is 18.5. The predicted molar refractivity (Wildman–Crippen MR) is 156 cm³/mol. The molecular formula is C28H36N8OS. The Balaban J connectivity index is 1.43. The van der Waals surface area contributed by atoms with E-state index in [0.29, 0.717) is 19.0 Å². The van der Waals surface area contributed by atoms with Crippen LogP contribution >= 0.6 is 11.3 Å². The van der Waals surface area contributed by atoms with E-state index in [4.69, 9.17) is 15.7 Å². The van der Waals surface area contributed by atoms with Crippen LogP contribution in [0.5, 0.6) is 0 Å². The molecular weight excluding hydrogens is 496 g/mol. The van der Waals surface area contributed by atoms with Gasteiger partial charge in [0, 0.05) is 73.6 Å². The van der Waals surface area contributed by atoms with Gasteiger partial charge in [0.05, 0.1) is 10.6 Å². The summed E-state index contributed by atoms with van der Waals surface area (Å²) in [5, 5.41) is 4.40. The number of amides is 2. The Kier molecular flexibility index (Phi) is 7.80. The maximum atomic E-state index is 12.9. The van der Waals surface area contributed by atoms with E-state index in [1.807, 2.05) is 48.0 Å². The normalized spacial score (nSPS) is 13.0. The Morgan fingerprint density at radius 3 is 2.76 bits per heavy atom. The number of carbonyl (C=O) groups excluding carboxylic acids is 1. The number of aromatic amines is 1. The Morgan fingerprint density at radius 1 is 1.16 bits per heavy atom. The molecule has 9 nitrogen and oxygen atoms in total. The molecule has 0 radical (unpaired) electrons. The first-order valence-corrected chi connectivity index (χ1v) is 14.2. The van der Waals surface area contributed by atoms with Crippen LogP contribution in [0.25, 0.3) is 21.6 Å². The summed E-state index contributed by atoms with van der Waals surface area (Å²) in [5.74, 6) is 0.540. The molecule has 0 bridgehead atoms. The fourth-order valence-electron chi connectivity index (χ4n) is 5.03. The monoisotopic (exact) mass is 532 g/mol. The number of aromatic nitrogens is 3. The van der Waals surface area contributed by atoms with Gasteiger partial charge in [-0.2, -0.15) is 4.98 Å². The number of fused-ring (bicyclic) bond motifs is 2. The van der Waals surface area contributed by atoms with E-state index in [9.17, 15) is 4.79 Å². The lowest BCUT2D eigenvalue weighted by atomic mass is 10.1. The van der Waals surface area contributed by atoms with Gasteiger partial charge in [-0.1, -0.05) is 6.07 Å². The molecule has 4 N–H and O–H groups in total. The van der Waals surface area contributed by atoms with E-state index in [1.54, 1.807) is 11.3 Å². The highest BCUT2D eigenvalue weighted by molar-refractivity contribution is 7.15. The third kappa shape index (κ3) is 5.19. The Hall–Kier alpha value is -3.63. The first kappa shape index (κ1) is 26.0. The van der Waals surface area contributed by atoms with Gasteiger partial charge in [-0.15, -0.1) is 11.3 Å². The number of benzene rings is 1. The highest BCUT2D eigenvalue weighted by Gasteiger charge is 2.26. The minimum absolute atomic E-state index is 0.116. The van der Waals surface area contributed by atoms with Gasteiger partial charge in [0.15, 0.2) is 0 Å². The van der Waals surface area contributed by atoms with Gasteiger partial charge in [-0.3, -0.25) is 0 Å². The molecule has 0 aliphatic carbocycles. The number of H-pyrrole nitrogens is 1. The number of nitrogens with two attached hydrogens (primary N) is 1. The molecule has 0 unspecified atom stereocenters. The maximum Gasteiger partial charge on any atom is 0.320 e. The van der Waals surface area contributed by atoms with Gasteiger partial charge < -0.3 is 30.7 Å². The standard InChI is InChI=1S/C28H36N8OS/c1-4-34(5-2)28(37)36-14-11-23-19(18-36)16-24(38-23)25-22-10-13-30-26(22)33-27(32-25)31-20-8-7-9-21(17-20)35(6-3)15-12-29/h7-10,13,16-17H,4-6,11-12,14-15,18,29H2,1-3H3,(H2,30,31,32,33). The van der Waals surface area contributed by atoms with E-state index in [2.05, 4.69) is 40.3 Å². The van der Waals surface area contributed by atoms with Gasteiger partial charge in [0.2, 0.25) is 5.95 Å². The molecule has 5 rings (SSSR count). The molecule has 1 aliphatic heterocycles. The molecule has 1 aliphatic rings. The summed E-state index contributed by atoms with van der Waals surface area (Å²) in [7, 11) is 0. The molecule has 0 saturated carbocycles. The number of carbonyl (C=O) groups is 1. The van der Waals surface area contributed by atoms with E-state index in [0.717, 1.165) is 72.1 Å². The fourth-order valence-corrected chi connectivity index (χ4v) is 6.19. The summed E-state index contributed by atoms with van der Waals surface area (Å²) < 4.78 is 0. The second-order valence-electron chi connectivity index (χ2n) is 9.36. The maximum absolute atomic E-state index is 12.9. The number of likely N-dealkylation sites (N-methyl/N-ethyl adjacent to an activating group) is 1. The number of anilines is 3. The van der Waals surface area contributed by atoms with E-state index < -0.39 is 0 Å².